The lowest BCUT2D eigenvalue weighted by atomic mass is 9.48. The molecule has 0 unspecified atom stereocenters. The molecule has 1 atom stereocenters. The predicted octanol–water partition coefficient (Wildman–Crippen LogP) is 2.91. The molecule has 0 aromatic rings. The van der Waals surface area contributed by atoms with Crippen molar-refractivity contribution in [2.24, 2.45) is 23.2 Å². The Morgan fingerprint density at radius 3 is 2.11 bits per heavy atom. The monoisotopic (exact) mass is 250 g/mol. The van der Waals surface area contributed by atoms with Gasteiger partial charge in [-0.1, -0.05) is 0 Å². The Balaban J connectivity index is 1.69. The number of rotatable bonds is 3. The van der Waals surface area contributed by atoms with Gasteiger partial charge in [-0.25, -0.2) is 4.79 Å². The van der Waals surface area contributed by atoms with E-state index in [4.69, 9.17) is 0 Å². The molecule has 3 heteroatoms. The van der Waals surface area contributed by atoms with E-state index in [1.165, 1.54) is 38.5 Å². The van der Waals surface area contributed by atoms with E-state index in [2.05, 4.69) is 17.6 Å². The Labute approximate surface area is 110 Å². The van der Waals surface area contributed by atoms with Crippen LogP contribution in [-0.4, -0.2) is 18.6 Å². The van der Waals surface area contributed by atoms with Crippen LogP contribution in [0.25, 0.3) is 0 Å². The van der Waals surface area contributed by atoms with Crippen LogP contribution in [0.3, 0.4) is 0 Å². The summed E-state index contributed by atoms with van der Waals surface area (Å²) in [4.78, 5) is 11.7. The minimum Gasteiger partial charge on any atom is -0.338 e. The summed E-state index contributed by atoms with van der Waals surface area (Å²) in [7, 11) is 0. The lowest BCUT2D eigenvalue weighted by molar-refractivity contribution is -0.0682. The number of carbonyl (C=O) groups is 1. The van der Waals surface area contributed by atoms with Crippen molar-refractivity contribution in [3.05, 3.63) is 0 Å². The normalized spacial score (nSPS) is 42.7. The molecule has 0 radical (unpaired) electrons. The van der Waals surface area contributed by atoms with E-state index in [0.717, 1.165) is 17.8 Å². The zero-order valence-electron chi connectivity index (χ0n) is 11.7. The summed E-state index contributed by atoms with van der Waals surface area (Å²) < 4.78 is 0. The third kappa shape index (κ3) is 2.02. The van der Waals surface area contributed by atoms with Gasteiger partial charge in [0.2, 0.25) is 0 Å². The molecule has 2 amide bonds. The van der Waals surface area contributed by atoms with Crippen molar-refractivity contribution in [3.8, 4) is 0 Å². The average molecular weight is 250 g/mol. The van der Waals surface area contributed by atoms with Gasteiger partial charge in [-0.3, -0.25) is 0 Å². The zero-order valence-corrected chi connectivity index (χ0v) is 11.7. The van der Waals surface area contributed by atoms with Crippen LogP contribution in [0.2, 0.25) is 0 Å². The number of nitrogens with one attached hydrogen (secondary N) is 2. The van der Waals surface area contributed by atoms with E-state index >= 15 is 0 Å². The highest BCUT2D eigenvalue weighted by Crippen LogP contribution is 2.61. The molecule has 4 fully saturated rings. The van der Waals surface area contributed by atoms with Crippen LogP contribution < -0.4 is 10.6 Å². The van der Waals surface area contributed by atoms with Crippen molar-refractivity contribution in [2.45, 2.75) is 58.4 Å². The van der Waals surface area contributed by atoms with Gasteiger partial charge in [-0.05, 0) is 75.5 Å². The van der Waals surface area contributed by atoms with Crippen molar-refractivity contribution in [1.82, 2.24) is 10.6 Å². The topological polar surface area (TPSA) is 41.1 Å². The minimum absolute atomic E-state index is 0.0146. The van der Waals surface area contributed by atoms with Crippen LogP contribution >= 0.6 is 0 Å². The van der Waals surface area contributed by atoms with E-state index in [-0.39, 0.29) is 6.03 Å². The van der Waals surface area contributed by atoms with Gasteiger partial charge in [0.05, 0.1) is 0 Å². The Morgan fingerprint density at radius 2 is 1.67 bits per heavy atom. The maximum absolute atomic E-state index is 11.7. The van der Waals surface area contributed by atoms with Gasteiger partial charge in [0.25, 0.3) is 0 Å². The summed E-state index contributed by atoms with van der Waals surface area (Å²) in [6.07, 6.45) is 8.46. The highest BCUT2D eigenvalue weighted by molar-refractivity contribution is 5.74. The Bertz CT molecular complexity index is 304. The smallest absolute Gasteiger partial charge is 0.315 e. The van der Waals surface area contributed by atoms with Crippen LogP contribution in [0.15, 0.2) is 0 Å². The number of hydrogen-bond donors (Lipinski definition) is 2. The van der Waals surface area contributed by atoms with Crippen LogP contribution in [0, 0.1) is 23.2 Å². The molecule has 4 aliphatic carbocycles. The molecule has 0 aliphatic heterocycles. The molecule has 18 heavy (non-hydrogen) atoms. The van der Waals surface area contributed by atoms with Gasteiger partial charge in [0, 0.05) is 12.6 Å². The van der Waals surface area contributed by atoms with Crippen molar-refractivity contribution in [2.75, 3.05) is 6.54 Å². The number of carbonyl (C=O) groups excluding carboxylic acids is 1. The fourth-order valence-corrected chi connectivity index (χ4v) is 5.27. The summed E-state index contributed by atoms with van der Waals surface area (Å²) in [6.45, 7) is 4.90. The fraction of sp³-hybridized carbons (Fsp3) is 0.933. The predicted molar refractivity (Wildman–Crippen MR) is 72.3 cm³/mol. The van der Waals surface area contributed by atoms with Gasteiger partial charge in [-0.2, -0.15) is 0 Å². The van der Waals surface area contributed by atoms with Crippen LogP contribution in [-0.2, 0) is 0 Å². The summed E-state index contributed by atoms with van der Waals surface area (Å²) in [5.74, 6) is 2.86. The molecule has 0 heterocycles. The molecule has 4 rings (SSSR count). The molecule has 102 valence electrons. The average Bonchev–Trinajstić information content (AvgIpc) is 2.27. The fourth-order valence-electron chi connectivity index (χ4n) is 5.27. The summed E-state index contributed by atoms with van der Waals surface area (Å²) in [5.41, 5.74) is 0.416. The van der Waals surface area contributed by atoms with Gasteiger partial charge in [0.1, 0.15) is 0 Å². The quantitative estimate of drug-likeness (QED) is 0.794. The molecular formula is C15H26N2O. The second-order valence-electron chi connectivity index (χ2n) is 7.01. The van der Waals surface area contributed by atoms with E-state index in [1.54, 1.807) is 0 Å². The molecular weight excluding hydrogens is 224 g/mol. The Hall–Kier alpha value is -0.730. The summed E-state index contributed by atoms with van der Waals surface area (Å²) in [6, 6.07) is 0.346. The van der Waals surface area contributed by atoms with E-state index in [1.807, 2.05) is 6.92 Å². The van der Waals surface area contributed by atoms with E-state index < -0.39 is 0 Å². The lowest BCUT2D eigenvalue weighted by Gasteiger charge is -2.59. The molecule has 4 bridgehead atoms. The number of amides is 2. The maximum atomic E-state index is 11.7. The van der Waals surface area contributed by atoms with E-state index in [9.17, 15) is 4.79 Å². The number of hydrogen-bond acceptors (Lipinski definition) is 1. The molecule has 3 nitrogen and oxygen atoms in total. The highest BCUT2D eigenvalue weighted by Gasteiger charge is 2.53. The first-order valence-electron chi connectivity index (χ1n) is 7.65. The third-order valence-corrected chi connectivity index (χ3v) is 5.69. The second kappa shape index (κ2) is 4.43. The SMILES string of the molecule is CCNC(=O)N[C@H](C)C12CC3CC(CC(C3)C1)C2. The van der Waals surface area contributed by atoms with Crippen molar-refractivity contribution >= 4 is 6.03 Å². The molecule has 2 N–H and O–H groups in total. The molecule has 4 aliphatic rings. The van der Waals surface area contributed by atoms with Gasteiger partial charge in [-0.15, -0.1) is 0 Å². The Kier molecular flexibility index (Phi) is 3.03. The van der Waals surface area contributed by atoms with Crippen molar-refractivity contribution in [1.29, 1.82) is 0 Å². The summed E-state index contributed by atoms with van der Waals surface area (Å²) in [5, 5.41) is 6.05. The first-order chi connectivity index (χ1) is 8.61. The summed E-state index contributed by atoms with van der Waals surface area (Å²) >= 11 is 0. The highest BCUT2D eigenvalue weighted by atomic mass is 16.2. The van der Waals surface area contributed by atoms with Crippen molar-refractivity contribution in [3.63, 3.8) is 0 Å². The second-order valence-corrected chi connectivity index (χ2v) is 7.01. The third-order valence-electron chi connectivity index (χ3n) is 5.69. The van der Waals surface area contributed by atoms with E-state index in [0.29, 0.717) is 18.0 Å². The van der Waals surface area contributed by atoms with Crippen LogP contribution in [0.5, 0.6) is 0 Å². The van der Waals surface area contributed by atoms with Crippen LogP contribution in [0.1, 0.15) is 52.4 Å². The zero-order chi connectivity index (χ0) is 12.8. The van der Waals surface area contributed by atoms with Crippen LogP contribution in [0.4, 0.5) is 4.79 Å². The van der Waals surface area contributed by atoms with Gasteiger partial charge >= 0.3 is 6.03 Å². The standard InChI is InChI=1S/C15H26N2O/c1-3-16-14(18)17-10(2)15-7-11-4-12(8-15)6-13(5-11)9-15/h10-13H,3-9H2,1-2H3,(H2,16,17,18)/t10-,11?,12?,13?,15?/m1/s1. The molecule has 4 saturated carbocycles. The first-order valence-corrected chi connectivity index (χ1v) is 7.65. The number of urea groups is 1. The molecule has 0 spiro atoms. The van der Waals surface area contributed by atoms with Gasteiger partial charge in [0.15, 0.2) is 0 Å². The largest absolute Gasteiger partial charge is 0.338 e. The minimum atomic E-state index is 0.0146. The lowest BCUT2D eigenvalue weighted by Crippen LogP contribution is -2.57. The van der Waals surface area contributed by atoms with Gasteiger partial charge < -0.3 is 10.6 Å². The van der Waals surface area contributed by atoms with Crippen molar-refractivity contribution < 1.29 is 4.79 Å². The maximum Gasteiger partial charge on any atom is 0.315 e. The molecule has 0 aromatic carbocycles. The Morgan fingerprint density at radius 1 is 1.17 bits per heavy atom. The molecule has 0 aromatic heterocycles. The molecule has 0 saturated heterocycles. The first kappa shape index (κ1) is 12.3.